The second-order valence-electron chi connectivity index (χ2n) is 5.48. The molecule has 0 amide bonds. The van der Waals surface area contributed by atoms with Crippen LogP contribution in [0.5, 0.6) is 11.7 Å². The van der Waals surface area contributed by atoms with Gasteiger partial charge in [0.2, 0.25) is 5.76 Å². The van der Waals surface area contributed by atoms with E-state index in [-0.39, 0.29) is 11.7 Å². The Morgan fingerprint density at radius 3 is 2.48 bits per heavy atom. The lowest BCUT2D eigenvalue weighted by Gasteiger charge is -2.26. The maximum atomic E-state index is 11.4. The third-order valence-electron chi connectivity index (χ3n) is 3.05. The summed E-state index contributed by atoms with van der Waals surface area (Å²) in [6, 6.07) is 9.34. The molecule has 0 bridgehead atoms. The third-order valence-corrected chi connectivity index (χ3v) is 4.71. The standard InChI is InChI=1S/C16H20O4S/c1-11-6-7-12(21(3,4)5)10-14(11)20-15-9-8-13(19-15)16(17)18-2/h6-10H,1-5H3. The van der Waals surface area contributed by atoms with E-state index in [0.717, 1.165) is 11.3 Å². The van der Waals surface area contributed by atoms with Crippen LogP contribution in [0, 0.1) is 6.92 Å². The number of carbonyl (C=O) groups is 1. The molecule has 0 aliphatic heterocycles. The Morgan fingerprint density at radius 2 is 1.86 bits per heavy atom. The Labute approximate surface area is 126 Å². The largest absolute Gasteiger partial charge is 0.463 e. The number of aryl methyl sites for hydroxylation is 1. The molecule has 0 aliphatic rings. The molecule has 0 saturated carbocycles. The van der Waals surface area contributed by atoms with Gasteiger partial charge in [0.25, 0.3) is 5.95 Å². The summed E-state index contributed by atoms with van der Waals surface area (Å²) in [5.41, 5.74) is 1.01. The summed E-state index contributed by atoms with van der Waals surface area (Å²) in [6.45, 7) is 1.97. The fourth-order valence-corrected chi connectivity index (χ4v) is 2.70. The fourth-order valence-electron chi connectivity index (χ4n) is 1.76. The predicted molar refractivity (Wildman–Crippen MR) is 84.9 cm³/mol. The molecule has 0 spiro atoms. The normalized spacial score (nSPS) is 12.0. The van der Waals surface area contributed by atoms with Gasteiger partial charge in [-0.25, -0.2) is 14.8 Å². The van der Waals surface area contributed by atoms with E-state index in [4.69, 9.17) is 9.15 Å². The van der Waals surface area contributed by atoms with Gasteiger partial charge in [-0.2, -0.15) is 0 Å². The number of furan rings is 1. The summed E-state index contributed by atoms with van der Waals surface area (Å²) in [5, 5.41) is 0. The van der Waals surface area contributed by atoms with Gasteiger partial charge in [-0.3, -0.25) is 0 Å². The van der Waals surface area contributed by atoms with Crippen molar-refractivity contribution < 1.29 is 18.7 Å². The number of esters is 1. The summed E-state index contributed by atoms with van der Waals surface area (Å²) in [5.74, 6) is 0.623. The van der Waals surface area contributed by atoms with Crippen molar-refractivity contribution >= 4 is 16.0 Å². The summed E-state index contributed by atoms with van der Waals surface area (Å²) < 4.78 is 15.7. The van der Waals surface area contributed by atoms with E-state index >= 15 is 0 Å². The van der Waals surface area contributed by atoms with Crippen molar-refractivity contribution in [3.05, 3.63) is 41.7 Å². The van der Waals surface area contributed by atoms with Crippen LogP contribution in [0.1, 0.15) is 16.1 Å². The first-order valence-electron chi connectivity index (χ1n) is 6.46. The molecule has 2 aromatic rings. The van der Waals surface area contributed by atoms with Crippen LogP contribution < -0.4 is 4.74 Å². The van der Waals surface area contributed by atoms with Crippen molar-refractivity contribution in [3.63, 3.8) is 0 Å². The minimum Gasteiger partial charge on any atom is -0.463 e. The molecule has 0 atom stereocenters. The fraction of sp³-hybridized carbons (Fsp3) is 0.312. The van der Waals surface area contributed by atoms with Crippen LogP contribution in [-0.2, 0) is 4.74 Å². The van der Waals surface area contributed by atoms with E-state index in [1.807, 2.05) is 19.1 Å². The molecule has 0 radical (unpaired) electrons. The average Bonchev–Trinajstić information content (AvgIpc) is 2.87. The maximum Gasteiger partial charge on any atom is 0.374 e. The molecule has 5 heteroatoms. The molecule has 0 aliphatic carbocycles. The van der Waals surface area contributed by atoms with Gasteiger partial charge in [-0.05, 0) is 54.3 Å². The summed E-state index contributed by atoms with van der Waals surface area (Å²) >= 11 is 0. The second-order valence-corrected chi connectivity index (χ2v) is 9.62. The molecule has 21 heavy (non-hydrogen) atoms. The summed E-state index contributed by atoms with van der Waals surface area (Å²) in [6.07, 6.45) is 6.68. The number of rotatable bonds is 4. The summed E-state index contributed by atoms with van der Waals surface area (Å²) in [7, 11) is 0.479. The Balaban J connectivity index is 2.27. The Kier molecular flexibility index (Phi) is 4.32. The number of hydrogen-bond acceptors (Lipinski definition) is 4. The van der Waals surface area contributed by atoms with E-state index < -0.39 is 16.0 Å². The first-order valence-corrected chi connectivity index (χ1v) is 9.32. The van der Waals surface area contributed by atoms with Crippen molar-refractivity contribution in [1.29, 1.82) is 0 Å². The van der Waals surface area contributed by atoms with E-state index in [2.05, 4.69) is 29.6 Å². The predicted octanol–water partition coefficient (Wildman–Crippen LogP) is 4.22. The van der Waals surface area contributed by atoms with Crippen LogP contribution in [0.15, 0.2) is 39.6 Å². The molecule has 0 saturated heterocycles. The van der Waals surface area contributed by atoms with Gasteiger partial charge in [-0.1, -0.05) is 6.07 Å². The van der Waals surface area contributed by atoms with Crippen LogP contribution in [0.3, 0.4) is 0 Å². The van der Waals surface area contributed by atoms with Crippen molar-refractivity contribution in [2.45, 2.75) is 11.8 Å². The number of carbonyl (C=O) groups excluding carboxylic acids is 1. The molecular weight excluding hydrogens is 288 g/mol. The Morgan fingerprint density at radius 1 is 1.14 bits per heavy atom. The molecule has 1 aromatic heterocycles. The second kappa shape index (κ2) is 5.85. The van der Waals surface area contributed by atoms with Gasteiger partial charge in [-0.15, -0.1) is 0 Å². The van der Waals surface area contributed by atoms with Gasteiger partial charge < -0.3 is 13.9 Å². The van der Waals surface area contributed by atoms with E-state index in [1.54, 1.807) is 6.07 Å². The van der Waals surface area contributed by atoms with Gasteiger partial charge in [0, 0.05) is 6.07 Å². The molecule has 0 fully saturated rings. The number of hydrogen-bond donors (Lipinski definition) is 0. The van der Waals surface area contributed by atoms with Crippen LogP contribution >= 0.6 is 10.0 Å². The van der Waals surface area contributed by atoms with Crippen LogP contribution in [-0.4, -0.2) is 31.8 Å². The van der Waals surface area contributed by atoms with Gasteiger partial charge >= 0.3 is 5.97 Å². The smallest absolute Gasteiger partial charge is 0.374 e. The number of ether oxygens (including phenoxy) is 2. The molecule has 4 nitrogen and oxygen atoms in total. The highest BCUT2D eigenvalue weighted by molar-refractivity contribution is 8.32. The molecule has 0 N–H and O–H groups in total. The zero-order valence-corrected chi connectivity index (χ0v) is 13.7. The first kappa shape index (κ1) is 15.5. The van der Waals surface area contributed by atoms with E-state index in [9.17, 15) is 4.79 Å². The monoisotopic (exact) mass is 308 g/mol. The zero-order valence-electron chi connectivity index (χ0n) is 12.9. The molecular formula is C16H20O4S. The van der Waals surface area contributed by atoms with Crippen molar-refractivity contribution in [2.24, 2.45) is 0 Å². The molecule has 1 heterocycles. The Hall–Kier alpha value is -1.88. The van der Waals surface area contributed by atoms with Crippen molar-refractivity contribution in [2.75, 3.05) is 25.9 Å². The highest BCUT2D eigenvalue weighted by Crippen LogP contribution is 2.47. The van der Waals surface area contributed by atoms with Gasteiger partial charge in [0.1, 0.15) is 5.75 Å². The van der Waals surface area contributed by atoms with Crippen LogP contribution in [0.4, 0.5) is 0 Å². The Bertz CT molecular complexity index is 653. The van der Waals surface area contributed by atoms with Crippen molar-refractivity contribution in [3.8, 4) is 11.7 Å². The van der Waals surface area contributed by atoms with E-state index in [0.29, 0.717) is 0 Å². The van der Waals surface area contributed by atoms with Gasteiger partial charge in [0.15, 0.2) is 0 Å². The third kappa shape index (κ3) is 3.61. The lowest BCUT2D eigenvalue weighted by Crippen LogP contribution is -1.98. The maximum absolute atomic E-state index is 11.4. The molecule has 114 valence electrons. The highest BCUT2D eigenvalue weighted by Gasteiger charge is 2.15. The minimum atomic E-state index is -0.831. The first-order chi connectivity index (χ1) is 9.81. The minimum absolute atomic E-state index is 0.128. The number of benzene rings is 1. The average molecular weight is 308 g/mol. The van der Waals surface area contributed by atoms with Gasteiger partial charge in [0.05, 0.1) is 7.11 Å². The summed E-state index contributed by atoms with van der Waals surface area (Å²) in [4.78, 5) is 12.6. The molecule has 1 aromatic carbocycles. The van der Waals surface area contributed by atoms with Crippen LogP contribution in [0.2, 0.25) is 0 Å². The lowest BCUT2D eigenvalue weighted by molar-refractivity contribution is 0.0560. The van der Waals surface area contributed by atoms with E-state index in [1.165, 1.54) is 18.1 Å². The quantitative estimate of drug-likeness (QED) is 0.793. The SMILES string of the molecule is COC(=O)c1ccc(Oc2cc(S(C)(C)C)ccc2C)o1. The van der Waals surface area contributed by atoms with Crippen molar-refractivity contribution in [1.82, 2.24) is 0 Å². The topological polar surface area (TPSA) is 48.7 Å². The molecule has 0 unspecified atom stereocenters. The lowest BCUT2D eigenvalue weighted by atomic mass is 10.2. The zero-order chi connectivity index (χ0) is 15.6. The van der Waals surface area contributed by atoms with Crippen LogP contribution in [0.25, 0.3) is 0 Å². The number of methoxy groups -OCH3 is 1. The highest BCUT2D eigenvalue weighted by atomic mass is 32.3. The molecule has 2 rings (SSSR count).